The lowest BCUT2D eigenvalue weighted by atomic mass is 10.2. The molecule has 0 N–H and O–H groups in total. The number of hydrogen-bond acceptors (Lipinski definition) is 4. The molecule has 1 aliphatic heterocycles. The van der Waals surface area contributed by atoms with Gasteiger partial charge in [0.05, 0.1) is 18.9 Å². The zero-order valence-electron chi connectivity index (χ0n) is 11.2. The molecule has 0 radical (unpaired) electrons. The molecule has 5 nitrogen and oxygen atoms in total. The van der Waals surface area contributed by atoms with E-state index in [0.717, 1.165) is 30.2 Å². The molecule has 1 saturated heterocycles. The standard InChI is InChI=1S/C13H18N4OS/c1-10-7-15(8-11(2)18-10)9-17-13(19)16-6-4-3-5-12(16)14-17/h3-6,10-11H,7-9H2,1-2H3/t10-,11-/m0/s1. The van der Waals surface area contributed by atoms with Gasteiger partial charge in [-0.3, -0.25) is 9.30 Å². The van der Waals surface area contributed by atoms with Gasteiger partial charge in [0.1, 0.15) is 0 Å². The molecule has 6 heteroatoms. The number of hydrogen-bond donors (Lipinski definition) is 0. The summed E-state index contributed by atoms with van der Waals surface area (Å²) in [5.41, 5.74) is 0.891. The Balaban J connectivity index is 1.85. The van der Waals surface area contributed by atoms with Crippen molar-refractivity contribution in [2.75, 3.05) is 13.1 Å². The summed E-state index contributed by atoms with van der Waals surface area (Å²) in [6.45, 7) is 6.76. The van der Waals surface area contributed by atoms with Crippen LogP contribution in [0.1, 0.15) is 13.8 Å². The second-order valence-electron chi connectivity index (χ2n) is 5.15. The van der Waals surface area contributed by atoms with Crippen LogP contribution < -0.4 is 0 Å². The molecule has 0 bridgehead atoms. The van der Waals surface area contributed by atoms with Gasteiger partial charge < -0.3 is 4.74 Å². The number of aromatic nitrogens is 3. The third kappa shape index (κ3) is 2.56. The van der Waals surface area contributed by atoms with Crippen molar-refractivity contribution in [2.24, 2.45) is 0 Å². The predicted molar refractivity (Wildman–Crippen MR) is 75.6 cm³/mol. The summed E-state index contributed by atoms with van der Waals surface area (Å²) in [7, 11) is 0. The number of nitrogens with zero attached hydrogens (tertiary/aromatic N) is 4. The highest BCUT2D eigenvalue weighted by molar-refractivity contribution is 7.71. The van der Waals surface area contributed by atoms with Crippen LogP contribution in [0.15, 0.2) is 24.4 Å². The van der Waals surface area contributed by atoms with E-state index >= 15 is 0 Å². The largest absolute Gasteiger partial charge is 0.373 e. The first-order chi connectivity index (χ1) is 9.13. The van der Waals surface area contributed by atoms with E-state index in [0.29, 0.717) is 0 Å². The molecule has 2 atom stereocenters. The Hall–Kier alpha value is -1.24. The number of fused-ring (bicyclic) bond motifs is 1. The second kappa shape index (κ2) is 5.03. The first-order valence-electron chi connectivity index (χ1n) is 6.55. The van der Waals surface area contributed by atoms with Gasteiger partial charge in [-0.1, -0.05) is 6.07 Å². The first-order valence-corrected chi connectivity index (χ1v) is 6.96. The van der Waals surface area contributed by atoms with E-state index in [1.54, 1.807) is 0 Å². The molecule has 19 heavy (non-hydrogen) atoms. The van der Waals surface area contributed by atoms with Crippen LogP contribution in [0.2, 0.25) is 0 Å². The van der Waals surface area contributed by atoms with Gasteiger partial charge in [0, 0.05) is 19.3 Å². The fourth-order valence-electron chi connectivity index (χ4n) is 2.65. The van der Waals surface area contributed by atoms with E-state index in [9.17, 15) is 0 Å². The van der Waals surface area contributed by atoms with E-state index in [1.807, 2.05) is 33.5 Å². The Labute approximate surface area is 117 Å². The maximum Gasteiger partial charge on any atom is 0.203 e. The smallest absolute Gasteiger partial charge is 0.203 e. The van der Waals surface area contributed by atoms with Crippen LogP contribution >= 0.6 is 12.2 Å². The Bertz CT molecular complexity index is 625. The van der Waals surface area contributed by atoms with Gasteiger partial charge in [-0.25, -0.2) is 4.68 Å². The van der Waals surface area contributed by atoms with Gasteiger partial charge >= 0.3 is 0 Å². The van der Waals surface area contributed by atoms with Crippen LogP contribution in [0.5, 0.6) is 0 Å². The summed E-state index contributed by atoms with van der Waals surface area (Å²) in [6.07, 6.45) is 2.47. The van der Waals surface area contributed by atoms with Gasteiger partial charge in [0.2, 0.25) is 4.77 Å². The van der Waals surface area contributed by atoms with Crippen LogP contribution in [0.25, 0.3) is 5.65 Å². The molecule has 2 aromatic heterocycles. The minimum Gasteiger partial charge on any atom is -0.373 e. The molecule has 3 heterocycles. The summed E-state index contributed by atoms with van der Waals surface area (Å²) >= 11 is 5.46. The molecule has 0 aromatic carbocycles. The molecule has 102 valence electrons. The van der Waals surface area contributed by atoms with Crippen molar-refractivity contribution in [2.45, 2.75) is 32.7 Å². The van der Waals surface area contributed by atoms with Crippen LogP contribution in [-0.2, 0) is 11.4 Å². The van der Waals surface area contributed by atoms with Gasteiger partial charge in [0.15, 0.2) is 5.65 Å². The summed E-state index contributed by atoms with van der Waals surface area (Å²) in [6, 6.07) is 5.91. The highest BCUT2D eigenvalue weighted by Gasteiger charge is 2.22. The first kappa shape index (κ1) is 12.8. The predicted octanol–water partition coefficient (Wildman–Crippen LogP) is 1.93. The third-order valence-corrected chi connectivity index (χ3v) is 3.73. The van der Waals surface area contributed by atoms with E-state index in [-0.39, 0.29) is 12.2 Å². The van der Waals surface area contributed by atoms with Gasteiger partial charge in [0.25, 0.3) is 0 Å². The normalized spacial score (nSPS) is 24.9. The van der Waals surface area contributed by atoms with E-state index in [1.165, 1.54) is 0 Å². The Kier molecular flexibility index (Phi) is 3.38. The average Bonchev–Trinajstić information content (AvgIpc) is 2.66. The molecular weight excluding hydrogens is 260 g/mol. The quantitative estimate of drug-likeness (QED) is 0.786. The lowest BCUT2D eigenvalue weighted by molar-refractivity contribution is -0.0776. The van der Waals surface area contributed by atoms with Crippen molar-refractivity contribution in [1.29, 1.82) is 0 Å². The minimum absolute atomic E-state index is 0.259. The van der Waals surface area contributed by atoms with Gasteiger partial charge in [-0.05, 0) is 38.2 Å². The molecule has 1 fully saturated rings. The van der Waals surface area contributed by atoms with Gasteiger partial charge in [-0.15, -0.1) is 0 Å². The molecule has 0 saturated carbocycles. The highest BCUT2D eigenvalue weighted by Crippen LogP contribution is 2.12. The zero-order chi connectivity index (χ0) is 13.4. The Morgan fingerprint density at radius 2 is 2.05 bits per heavy atom. The fraction of sp³-hybridized carbons (Fsp3) is 0.538. The monoisotopic (exact) mass is 278 g/mol. The summed E-state index contributed by atoms with van der Waals surface area (Å²) in [5.74, 6) is 0. The van der Waals surface area contributed by atoms with Crippen molar-refractivity contribution in [3.05, 3.63) is 29.2 Å². The average molecular weight is 278 g/mol. The fourth-order valence-corrected chi connectivity index (χ4v) is 2.90. The third-order valence-electron chi connectivity index (χ3n) is 3.32. The van der Waals surface area contributed by atoms with Crippen molar-refractivity contribution < 1.29 is 4.74 Å². The number of pyridine rings is 1. The molecule has 0 unspecified atom stereocenters. The topological polar surface area (TPSA) is 34.7 Å². The molecule has 0 spiro atoms. The summed E-state index contributed by atoms with van der Waals surface area (Å²) in [4.78, 5) is 2.33. The van der Waals surface area contributed by atoms with E-state index < -0.39 is 0 Å². The highest BCUT2D eigenvalue weighted by atomic mass is 32.1. The van der Waals surface area contributed by atoms with Crippen LogP contribution in [0.4, 0.5) is 0 Å². The summed E-state index contributed by atoms with van der Waals surface area (Å²) < 4.78 is 10.3. The van der Waals surface area contributed by atoms with E-state index in [4.69, 9.17) is 17.0 Å². The summed E-state index contributed by atoms with van der Waals surface area (Å²) in [5, 5.41) is 4.55. The lowest BCUT2D eigenvalue weighted by Crippen LogP contribution is -2.46. The SMILES string of the molecule is C[C@H]1CN(Cn2nc3ccccn3c2=S)C[C@H](C)O1. The molecule has 0 amide bonds. The van der Waals surface area contributed by atoms with Crippen molar-refractivity contribution in [3.63, 3.8) is 0 Å². The molecule has 0 aliphatic carbocycles. The van der Waals surface area contributed by atoms with E-state index in [2.05, 4.69) is 23.8 Å². The molecule has 1 aliphatic rings. The molecular formula is C13H18N4OS. The van der Waals surface area contributed by atoms with Crippen LogP contribution in [0.3, 0.4) is 0 Å². The van der Waals surface area contributed by atoms with Crippen molar-refractivity contribution in [1.82, 2.24) is 19.1 Å². The Morgan fingerprint density at radius 1 is 1.32 bits per heavy atom. The number of rotatable bonds is 2. The van der Waals surface area contributed by atoms with Crippen LogP contribution in [0, 0.1) is 4.77 Å². The Morgan fingerprint density at radius 3 is 2.74 bits per heavy atom. The van der Waals surface area contributed by atoms with Crippen molar-refractivity contribution >= 4 is 17.9 Å². The van der Waals surface area contributed by atoms with Gasteiger partial charge in [-0.2, -0.15) is 5.10 Å². The molecule has 2 aromatic rings. The van der Waals surface area contributed by atoms with Crippen LogP contribution in [-0.4, -0.2) is 44.4 Å². The molecule has 3 rings (SSSR count). The number of ether oxygens (including phenoxy) is 1. The zero-order valence-corrected chi connectivity index (χ0v) is 12.0. The van der Waals surface area contributed by atoms with Crippen molar-refractivity contribution in [3.8, 4) is 0 Å². The minimum atomic E-state index is 0.259. The lowest BCUT2D eigenvalue weighted by Gasteiger charge is -2.34. The second-order valence-corrected chi connectivity index (χ2v) is 5.51. The maximum absolute atomic E-state index is 5.74. The maximum atomic E-state index is 5.74. The number of morpholine rings is 1.